The van der Waals surface area contributed by atoms with Gasteiger partial charge in [0, 0.05) is 7.11 Å². The van der Waals surface area contributed by atoms with E-state index in [-0.39, 0.29) is 0 Å². The highest BCUT2D eigenvalue weighted by atomic mass is 16.2. The van der Waals surface area contributed by atoms with Crippen molar-refractivity contribution in [3.63, 3.8) is 0 Å². The molecule has 0 radical (unpaired) electrons. The first-order chi connectivity index (χ1) is 8.84. The highest BCUT2D eigenvalue weighted by molar-refractivity contribution is 5.70. The number of hydrogen-bond acceptors (Lipinski definition) is 1. The zero-order valence-electron chi connectivity index (χ0n) is 11.2. The smallest absolute Gasteiger partial charge is 0.0319 e. The summed E-state index contributed by atoms with van der Waals surface area (Å²) in [6, 6.07) is 10.9. The maximum Gasteiger partial charge on any atom is 0.0319 e. The largest absolute Gasteiger partial charge is 0.400 e. The summed E-state index contributed by atoms with van der Waals surface area (Å²) in [5.74, 6) is 2.43. The Morgan fingerprint density at radius 3 is 2.50 bits per heavy atom. The molecule has 0 saturated heterocycles. The van der Waals surface area contributed by atoms with Crippen molar-refractivity contribution >= 4 is 5.57 Å². The van der Waals surface area contributed by atoms with E-state index in [1.54, 1.807) is 5.57 Å². The van der Waals surface area contributed by atoms with E-state index in [1.165, 1.54) is 18.4 Å². The van der Waals surface area contributed by atoms with Crippen LogP contribution in [0.15, 0.2) is 48.6 Å². The average Bonchev–Trinajstić information content (AvgIpc) is 2.82. The monoisotopic (exact) mass is 242 g/mol. The summed E-state index contributed by atoms with van der Waals surface area (Å²) in [4.78, 5) is 0. The zero-order valence-corrected chi connectivity index (χ0v) is 11.2. The van der Waals surface area contributed by atoms with Crippen LogP contribution in [-0.4, -0.2) is 12.2 Å². The predicted octanol–water partition coefficient (Wildman–Crippen LogP) is 3.91. The molecule has 0 heterocycles. The van der Waals surface area contributed by atoms with Crippen molar-refractivity contribution in [1.29, 1.82) is 0 Å². The second-order valence-corrected chi connectivity index (χ2v) is 5.22. The van der Waals surface area contributed by atoms with Crippen LogP contribution in [0.2, 0.25) is 0 Å². The maximum atomic E-state index is 7.00. The van der Waals surface area contributed by atoms with Crippen molar-refractivity contribution < 1.29 is 5.11 Å². The summed E-state index contributed by atoms with van der Waals surface area (Å²) >= 11 is 0. The lowest BCUT2D eigenvalue weighted by Crippen LogP contribution is -2.10. The molecule has 1 fully saturated rings. The molecular weight excluding hydrogens is 220 g/mol. The lowest BCUT2D eigenvalue weighted by atomic mass is 9.81. The van der Waals surface area contributed by atoms with Gasteiger partial charge in [0.05, 0.1) is 0 Å². The van der Waals surface area contributed by atoms with Crippen molar-refractivity contribution in [1.82, 2.24) is 0 Å². The van der Waals surface area contributed by atoms with E-state index in [4.69, 9.17) is 5.11 Å². The SMILES string of the molecule is CC1CC2C=CC=C(c3ccccc3)C2C1.CO. The molecule has 1 aromatic carbocycles. The van der Waals surface area contributed by atoms with Crippen LogP contribution in [0.5, 0.6) is 0 Å². The van der Waals surface area contributed by atoms with Crippen LogP contribution < -0.4 is 0 Å². The summed E-state index contributed by atoms with van der Waals surface area (Å²) in [6.45, 7) is 2.38. The minimum Gasteiger partial charge on any atom is -0.400 e. The van der Waals surface area contributed by atoms with E-state index in [1.807, 2.05) is 0 Å². The third-order valence-electron chi connectivity index (χ3n) is 3.99. The van der Waals surface area contributed by atoms with Crippen LogP contribution in [0.1, 0.15) is 25.3 Å². The minimum absolute atomic E-state index is 0.766. The Kier molecular flexibility index (Phi) is 4.38. The molecule has 1 saturated carbocycles. The lowest BCUT2D eigenvalue weighted by Gasteiger charge is -2.23. The average molecular weight is 242 g/mol. The Balaban J connectivity index is 0.000000574. The highest BCUT2D eigenvalue weighted by Crippen LogP contribution is 2.46. The van der Waals surface area contributed by atoms with Crippen molar-refractivity contribution in [3.05, 3.63) is 54.1 Å². The summed E-state index contributed by atoms with van der Waals surface area (Å²) in [6.07, 6.45) is 9.69. The molecule has 3 atom stereocenters. The van der Waals surface area contributed by atoms with Gasteiger partial charge in [0.1, 0.15) is 0 Å². The first kappa shape index (κ1) is 13.1. The van der Waals surface area contributed by atoms with Crippen LogP contribution in [0, 0.1) is 17.8 Å². The standard InChI is InChI=1S/C16H18.CH4O/c1-12-10-14-8-5-9-15(16(14)11-12)13-6-3-2-4-7-13;1-2/h2-9,12,14,16H,10-11H2,1H3;2H,1H3. The lowest BCUT2D eigenvalue weighted by molar-refractivity contribution is 0.399. The number of aliphatic hydroxyl groups is 1. The van der Waals surface area contributed by atoms with Gasteiger partial charge in [-0.15, -0.1) is 0 Å². The summed E-state index contributed by atoms with van der Waals surface area (Å²) in [5.41, 5.74) is 2.97. The summed E-state index contributed by atoms with van der Waals surface area (Å²) in [7, 11) is 1.00. The topological polar surface area (TPSA) is 20.2 Å². The van der Waals surface area contributed by atoms with Gasteiger partial charge in [-0.1, -0.05) is 55.5 Å². The van der Waals surface area contributed by atoms with Gasteiger partial charge < -0.3 is 5.11 Å². The molecule has 1 heteroatoms. The van der Waals surface area contributed by atoms with Crippen molar-refractivity contribution in [2.24, 2.45) is 17.8 Å². The number of hydrogen-bond donors (Lipinski definition) is 1. The van der Waals surface area contributed by atoms with Gasteiger partial charge in [-0.05, 0) is 41.7 Å². The number of allylic oxidation sites excluding steroid dienone is 4. The Morgan fingerprint density at radius 1 is 1.06 bits per heavy atom. The second kappa shape index (κ2) is 6.01. The van der Waals surface area contributed by atoms with Crippen LogP contribution in [0.3, 0.4) is 0 Å². The molecule has 0 aliphatic heterocycles. The normalized spacial score (nSPS) is 29.1. The summed E-state index contributed by atoms with van der Waals surface area (Å²) < 4.78 is 0. The molecule has 0 spiro atoms. The van der Waals surface area contributed by atoms with Gasteiger partial charge in [-0.2, -0.15) is 0 Å². The molecule has 2 aliphatic rings. The fourth-order valence-corrected chi connectivity index (χ4v) is 3.27. The molecule has 2 aliphatic carbocycles. The Labute approximate surface area is 110 Å². The van der Waals surface area contributed by atoms with Gasteiger partial charge in [0.2, 0.25) is 0 Å². The van der Waals surface area contributed by atoms with Crippen LogP contribution in [0.25, 0.3) is 5.57 Å². The molecule has 3 unspecified atom stereocenters. The van der Waals surface area contributed by atoms with E-state index in [0.29, 0.717) is 0 Å². The van der Waals surface area contributed by atoms with E-state index >= 15 is 0 Å². The zero-order chi connectivity index (χ0) is 13.0. The maximum absolute atomic E-state index is 7.00. The van der Waals surface area contributed by atoms with Gasteiger partial charge in [-0.3, -0.25) is 0 Å². The molecule has 0 aromatic heterocycles. The first-order valence-electron chi connectivity index (χ1n) is 6.73. The highest BCUT2D eigenvalue weighted by Gasteiger charge is 2.34. The van der Waals surface area contributed by atoms with Gasteiger partial charge in [0.15, 0.2) is 0 Å². The van der Waals surface area contributed by atoms with Gasteiger partial charge in [0.25, 0.3) is 0 Å². The molecule has 0 amide bonds. The predicted molar refractivity (Wildman–Crippen MR) is 77.1 cm³/mol. The Hall–Kier alpha value is -1.34. The molecule has 3 rings (SSSR count). The second-order valence-electron chi connectivity index (χ2n) is 5.22. The number of fused-ring (bicyclic) bond motifs is 1. The number of benzene rings is 1. The molecule has 1 nitrogen and oxygen atoms in total. The molecule has 96 valence electrons. The van der Waals surface area contributed by atoms with Crippen LogP contribution in [0.4, 0.5) is 0 Å². The van der Waals surface area contributed by atoms with E-state index in [2.05, 4.69) is 55.5 Å². The van der Waals surface area contributed by atoms with E-state index in [0.717, 1.165) is 24.9 Å². The molecule has 0 bridgehead atoms. The minimum atomic E-state index is 0.766. The third-order valence-corrected chi connectivity index (χ3v) is 3.99. The van der Waals surface area contributed by atoms with Gasteiger partial charge in [-0.25, -0.2) is 0 Å². The Bertz CT molecular complexity index is 430. The molecular formula is C17H22O. The number of rotatable bonds is 1. The fraction of sp³-hybridized carbons (Fsp3) is 0.412. The third kappa shape index (κ3) is 2.56. The van der Waals surface area contributed by atoms with Crippen molar-refractivity contribution in [3.8, 4) is 0 Å². The van der Waals surface area contributed by atoms with Crippen LogP contribution >= 0.6 is 0 Å². The fourth-order valence-electron chi connectivity index (χ4n) is 3.27. The van der Waals surface area contributed by atoms with E-state index in [9.17, 15) is 0 Å². The molecule has 18 heavy (non-hydrogen) atoms. The first-order valence-corrected chi connectivity index (χ1v) is 6.73. The molecule has 1 aromatic rings. The summed E-state index contributed by atoms with van der Waals surface area (Å²) in [5, 5.41) is 7.00. The van der Waals surface area contributed by atoms with Crippen molar-refractivity contribution in [2.45, 2.75) is 19.8 Å². The quantitative estimate of drug-likeness (QED) is 0.791. The van der Waals surface area contributed by atoms with E-state index < -0.39 is 0 Å². The molecule has 1 N–H and O–H groups in total. The Morgan fingerprint density at radius 2 is 1.78 bits per heavy atom. The van der Waals surface area contributed by atoms with Gasteiger partial charge >= 0.3 is 0 Å². The van der Waals surface area contributed by atoms with Crippen molar-refractivity contribution in [2.75, 3.05) is 7.11 Å². The van der Waals surface area contributed by atoms with Crippen LogP contribution in [-0.2, 0) is 0 Å². The number of aliphatic hydroxyl groups excluding tert-OH is 1.